The maximum absolute atomic E-state index is 8.56. The average Bonchev–Trinajstić information content (AvgIpc) is 2.12. The van der Waals surface area contributed by atoms with E-state index in [4.69, 9.17) is 5.26 Å². The predicted molar refractivity (Wildman–Crippen MR) is 51.8 cm³/mol. The second kappa shape index (κ2) is 7.12. The number of nitrogens with zero attached hydrogens (tertiary/aromatic N) is 1. The summed E-state index contributed by atoms with van der Waals surface area (Å²) in [5.41, 5.74) is 0. The highest BCUT2D eigenvalue weighted by molar-refractivity contribution is 4.78. The van der Waals surface area contributed by atoms with Gasteiger partial charge in [-0.2, -0.15) is 5.26 Å². The minimum Gasteiger partial charge on any atom is -0.317 e. The lowest BCUT2D eigenvalue weighted by molar-refractivity contribution is 0.386. The molecule has 0 fully saturated rings. The van der Waals surface area contributed by atoms with Crippen molar-refractivity contribution in [3.8, 4) is 6.07 Å². The molecule has 0 unspecified atom stereocenters. The van der Waals surface area contributed by atoms with Crippen molar-refractivity contribution in [3.63, 3.8) is 0 Å². The molecule has 0 radical (unpaired) electrons. The maximum Gasteiger partial charge on any atom is 0.0624 e. The molecule has 2 nitrogen and oxygen atoms in total. The van der Waals surface area contributed by atoms with Crippen molar-refractivity contribution in [1.29, 1.82) is 5.26 Å². The summed E-state index contributed by atoms with van der Waals surface area (Å²) >= 11 is 0. The summed E-state index contributed by atoms with van der Waals surface area (Å²) in [6, 6.07) is 2.83. The summed E-state index contributed by atoms with van der Waals surface area (Å²) in [7, 11) is 1.99. The Morgan fingerprint density at radius 1 is 1.33 bits per heavy atom. The topological polar surface area (TPSA) is 35.8 Å². The molecule has 0 saturated carbocycles. The molecule has 0 aliphatic carbocycles. The number of rotatable bonds is 6. The zero-order valence-electron chi connectivity index (χ0n) is 8.43. The number of nitriles is 1. The average molecular weight is 168 g/mol. The van der Waals surface area contributed by atoms with Crippen molar-refractivity contribution in [3.05, 3.63) is 0 Å². The summed E-state index contributed by atoms with van der Waals surface area (Å²) in [5, 5.41) is 11.8. The van der Waals surface area contributed by atoms with Gasteiger partial charge in [-0.05, 0) is 25.8 Å². The van der Waals surface area contributed by atoms with Crippen molar-refractivity contribution in [2.75, 3.05) is 7.05 Å². The lowest BCUT2D eigenvalue weighted by Crippen LogP contribution is -2.26. The zero-order valence-corrected chi connectivity index (χ0v) is 8.43. The molecule has 2 heteroatoms. The van der Waals surface area contributed by atoms with Crippen LogP contribution in [0.4, 0.5) is 0 Å². The van der Waals surface area contributed by atoms with Crippen LogP contribution in [0.15, 0.2) is 0 Å². The van der Waals surface area contributed by atoms with Crippen molar-refractivity contribution < 1.29 is 0 Å². The molecule has 0 spiro atoms. The van der Waals surface area contributed by atoms with E-state index < -0.39 is 0 Å². The van der Waals surface area contributed by atoms with E-state index >= 15 is 0 Å². The quantitative estimate of drug-likeness (QED) is 0.660. The van der Waals surface area contributed by atoms with Gasteiger partial charge in [0.05, 0.1) is 6.07 Å². The second-order valence-electron chi connectivity index (χ2n) is 3.27. The van der Waals surface area contributed by atoms with Crippen LogP contribution in [0.25, 0.3) is 0 Å². The van der Waals surface area contributed by atoms with E-state index in [-0.39, 0.29) is 0 Å². The van der Waals surface area contributed by atoms with Gasteiger partial charge in [0.2, 0.25) is 0 Å². The minimum atomic E-state index is 0.576. The van der Waals surface area contributed by atoms with Gasteiger partial charge in [-0.3, -0.25) is 0 Å². The standard InChI is InChI=1S/C10H20N2/c1-4-9(6-7-11)8-10(5-2)12-3/h9-10,12H,4-6,8H2,1-3H3/t9-,10+/m1/s1. The third kappa shape index (κ3) is 4.35. The van der Waals surface area contributed by atoms with Crippen molar-refractivity contribution in [2.45, 2.75) is 45.6 Å². The third-order valence-electron chi connectivity index (χ3n) is 2.48. The van der Waals surface area contributed by atoms with Gasteiger partial charge in [0.1, 0.15) is 0 Å². The van der Waals surface area contributed by atoms with Crippen LogP contribution < -0.4 is 5.32 Å². The summed E-state index contributed by atoms with van der Waals surface area (Å²) in [6.45, 7) is 4.34. The van der Waals surface area contributed by atoms with Gasteiger partial charge in [0.25, 0.3) is 0 Å². The van der Waals surface area contributed by atoms with Gasteiger partial charge < -0.3 is 5.32 Å². The Morgan fingerprint density at radius 3 is 2.33 bits per heavy atom. The summed E-state index contributed by atoms with van der Waals surface area (Å²) in [6.07, 6.45) is 4.11. The highest BCUT2D eigenvalue weighted by Gasteiger charge is 2.11. The van der Waals surface area contributed by atoms with Crippen LogP contribution in [0.2, 0.25) is 0 Å². The lowest BCUT2D eigenvalue weighted by atomic mass is 9.93. The fourth-order valence-corrected chi connectivity index (χ4v) is 1.41. The summed E-state index contributed by atoms with van der Waals surface area (Å²) in [5.74, 6) is 0.576. The van der Waals surface area contributed by atoms with Crippen LogP contribution >= 0.6 is 0 Å². The van der Waals surface area contributed by atoms with E-state index in [0.29, 0.717) is 18.4 Å². The molecule has 0 saturated heterocycles. The molecule has 12 heavy (non-hydrogen) atoms. The first-order valence-electron chi connectivity index (χ1n) is 4.82. The molecular formula is C10H20N2. The molecule has 0 rings (SSSR count). The molecule has 0 bridgehead atoms. The molecule has 0 heterocycles. The largest absolute Gasteiger partial charge is 0.317 e. The van der Waals surface area contributed by atoms with Crippen LogP contribution in [0, 0.1) is 17.2 Å². The highest BCUT2D eigenvalue weighted by atomic mass is 14.9. The summed E-state index contributed by atoms with van der Waals surface area (Å²) < 4.78 is 0. The van der Waals surface area contributed by atoms with E-state index in [2.05, 4.69) is 25.2 Å². The van der Waals surface area contributed by atoms with E-state index in [0.717, 1.165) is 19.3 Å². The molecule has 1 N–H and O–H groups in total. The van der Waals surface area contributed by atoms with Crippen molar-refractivity contribution in [1.82, 2.24) is 5.32 Å². The van der Waals surface area contributed by atoms with E-state index in [1.807, 2.05) is 7.05 Å². The third-order valence-corrected chi connectivity index (χ3v) is 2.48. The molecule has 0 aromatic rings. The van der Waals surface area contributed by atoms with E-state index in [1.165, 1.54) is 0 Å². The van der Waals surface area contributed by atoms with E-state index in [1.54, 1.807) is 0 Å². The van der Waals surface area contributed by atoms with Gasteiger partial charge in [0, 0.05) is 12.5 Å². The van der Waals surface area contributed by atoms with Gasteiger partial charge >= 0.3 is 0 Å². The maximum atomic E-state index is 8.56. The molecule has 2 atom stereocenters. The molecule has 0 aromatic carbocycles. The fraction of sp³-hybridized carbons (Fsp3) is 0.900. The Bertz CT molecular complexity index is 133. The highest BCUT2D eigenvalue weighted by Crippen LogP contribution is 2.15. The van der Waals surface area contributed by atoms with Crippen LogP contribution in [0.3, 0.4) is 0 Å². The van der Waals surface area contributed by atoms with Gasteiger partial charge in [0.15, 0.2) is 0 Å². The Balaban J connectivity index is 3.75. The van der Waals surface area contributed by atoms with Gasteiger partial charge in [-0.25, -0.2) is 0 Å². The number of nitrogens with one attached hydrogen (secondary N) is 1. The number of hydrogen-bond donors (Lipinski definition) is 1. The van der Waals surface area contributed by atoms with Gasteiger partial charge in [-0.1, -0.05) is 20.3 Å². The molecule has 70 valence electrons. The summed E-state index contributed by atoms with van der Waals surface area (Å²) in [4.78, 5) is 0. The first kappa shape index (κ1) is 11.4. The molecular weight excluding hydrogens is 148 g/mol. The molecule has 0 aromatic heterocycles. The van der Waals surface area contributed by atoms with Crippen LogP contribution in [-0.4, -0.2) is 13.1 Å². The van der Waals surface area contributed by atoms with Gasteiger partial charge in [-0.15, -0.1) is 0 Å². The van der Waals surface area contributed by atoms with Crippen LogP contribution in [0.1, 0.15) is 39.5 Å². The zero-order chi connectivity index (χ0) is 9.40. The molecule has 0 aliphatic rings. The Morgan fingerprint density at radius 2 is 2.00 bits per heavy atom. The smallest absolute Gasteiger partial charge is 0.0624 e. The molecule has 0 amide bonds. The first-order chi connectivity index (χ1) is 5.78. The Hall–Kier alpha value is -0.550. The fourth-order valence-electron chi connectivity index (χ4n) is 1.41. The van der Waals surface area contributed by atoms with Crippen LogP contribution in [0.5, 0.6) is 0 Å². The normalized spacial score (nSPS) is 15.2. The first-order valence-corrected chi connectivity index (χ1v) is 4.82. The van der Waals surface area contributed by atoms with Crippen molar-refractivity contribution in [2.24, 2.45) is 5.92 Å². The monoisotopic (exact) mass is 168 g/mol. The number of hydrogen-bond acceptors (Lipinski definition) is 2. The molecule has 0 aliphatic heterocycles. The SMILES string of the molecule is CC[C@H](CC#N)C[C@H](CC)NC. The Labute approximate surface area is 76.0 Å². The van der Waals surface area contributed by atoms with Crippen LogP contribution in [-0.2, 0) is 0 Å². The predicted octanol–water partition coefficient (Wildman–Crippen LogP) is 2.31. The Kier molecular flexibility index (Phi) is 6.79. The second-order valence-corrected chi connectivity index (χ2v) is 3.27. The minimum absolute atomic E-state index is 0.576. The lowest BCUT2D eigenvalue weighted by Gasteiger charge is -2.18. The van der Waals surface area contributed by atoms with E-state index in [9.17, 15) is 0 Å². The van der Waals surface area contributed by atoms with Crippen molar-refractivity contribution >= 4 is 0 Å².